The number of carbonyl (C=O) groups is 1. The van der Waals surface area contributed by atoms with Crippen LogP contribution in [0.1, 0.15) is 31.4 Å². The number of carbonyl (C=O) groups excluding carboxylic acids is 1. The third kappa shape index (κ3) is 5.51. The Kier molecular flexibility index (Phi) is 6.99. The van der Waals surface area contributed by atoms with Gasteiger partial charge in [0.2, 0.25) is 5.91 Å². The zero-order chi connectivity index (χ0) is 21.6. The average Bonchev–Trinajstić information content (AvgIpc) is 3.44. The first-order valence-electron chi connectivity index (χ1n) is 10.4. The van der Waals surface area contributed by atoms with Crippen LogP contribution in [0, 0.1) is 5.82 Å². The van der Waals surface area contributed by atoms with Gasteiger partial charge in [-0.25, -0.2) is 4.39 Å². The highest BCUT2D eigenvalue weighted by molar-refractivity contribution is 7.99. The van der Waals surface area contributed by atoms with Crippen molar-refractivity contribution in [3.8, 4) is 11.4 Å². The minimum atomic E-state index is -0.298. The summed E-state index contributed by atoms with van der Waals surface area (Å²) in [5.74, 6) is 0.504. The topological polar surface area (TPSA) is 69.0 Å². The first-order chi connectivity index (χ1) is 15.1. The monoisotopic (exact) mass is 440 g/mol. The summed E-state index contributed by atoms with van der Waals surface area (Å²) in [5.41, 5.74) is 1.84. The van der Waals surface area contributed by atoms with E-state index < -0.39 is 0 Å². The van der Waals surface area contributed by atoms with E-state index in [1.54, 1.807) is 12.1 Å². The molecule has 1 saturated heterocycles. The Bertz CT molecular complexity index is 1000. The Morgan fingerprint density at radius 1 is 1.23 bits per heavy atom. The predicted octanol–water partition coefficient (Wildman–Crippen LogP) is 4.23. The molecule has 31 heavy (non-hydrogen) atoms. The standard InChI is InChI=1S/C23H25FN4O2S/c1-16(17-6-3-2-4-7-17)25-21(29)15-31-23-27-26-22(18-9-11-19(24)12-10-18)28(23)14-20-8-5-13-30-20/h2-4,6-7,9-12,16,20H,5,8,13-15H2,1H3,(H,25,29)/t16-,20-/m0/s1. The summed E-state index contributed by atoms with van der Waals surface area (Å²) < 4.78 is 21.1. The van der Waals surface area contributed by atoms with Crippen LogP contribution in [-0.4, -0.2) is 39.1 Å². The fourth-order valence-corrected chi connectivity index (χ4v) is 4.36. The molecule has 1 amide bonds. The van der Waals surface area contributed by atoms with Crippen molar-refractivity contribution in [1.29, 1.82) is 0 Å². The van der Waals surface area contributed by atoms with Crippen LogP contribution in [0.15, 0.2) is 59.8 Å². The fraction of sp³-hybridized carbons (Fsp3) is 0.348. The molecule has 1 aliphatic heterocycles. The van der Waals surface area contributed by atoms with E-state index in [9.17, 15) is 9.18 Å². The molecule has 0 unspecified atom stereocenters. The molecule has 6 nitrogen and oxygen atoms in total. The average molecular weight is 441 g/mol. The van der Waals surface area contributed by atoms with Crippen molar-refractivity contribution in [2.24, 2.45) is 0 Å². The number of hydrogen-bond acceptors (Lipinski definition) is 5. The third-order valence-electron chi connectivity index (χ3n) is 5.24. The maximum atomic E-state index is 13.4. The van der Waals surface area contributed by atoms with Crippen LogP contribution in [0.25, 0.3) is 11.4 Å². The summed E-state index contributed by atoms with van der Waals surface area (Å²) in [7, 11) is 0. The minimum Gasteiger partial charge on any atom is -0.376 e. The van der Waals surface area contributed by atoms with Crippen LogP contribution in [0.2, 0.25) is 0 Å². The van der Waals surface area contributed by atoms with Gasteiger partial charge in [0.05, 0.1) is 24.4 Å². The summed E-state index contributed by atoms with van der Waals surface area (Å²) >= 11 is 1.34. The molecule has 1 aromatic heterocycles. The van der Waals surface area contributed by atoms with Gasteiger partial charge in [0, 0.05) is 12.2 Å². The van der Waals surface area contributed by atoms with Gasteiger partial charge in [0.25, 0.3) is 0 Å². The number of halogens is 1. The lowest BCUT2D eigenvalue weighted by Gasteiger charge is -2.16. The van der Waals surface area contributed by atoms with Gasteiger partial charge in [0.1, 0.15) is 5.82 Å². The first kappa shape index (κ1) is 21.5. The Balaban J connectivity index is 1.46. The van der Waals surface area contributed by atoms with Crippen molar-refractivity contribution in [2.75, 3.05) is 12.4 Å². The molecule has 3 aromatic rings. The van der Waals surface area contributed by atoms with Crippen molar-refractivity contribution >= 4 is 17.7 Å². The minimum absolute atomic E-state index is 0.0728. The summed E-state index contributed by atoms with van der Waals surface area (Å²) in [4.78, 5) is 12.5. The summed E-state index contributed by atoms with van der Waals surface area (Å²) in [6.07, 6.45) is 2.09. The molecule has 0 radical (unpaired) electrons. The van der Waals surface area contributed by atoms with Gasteiger partial charge in [-0.3, -0.25) is 9.36 Å². The highest BCUT2D eigenvalue weighted by Crippen LogP contribution is 2.27. The van der Waals surface area contributed by atoms with Gasteiger partial charge in [-0.1, -0.05) is 42.1 Å². The second-order valence-corrected chi connectivity index (χ2v) is 8.49. The fourth-order valence-electron chi connectivity index (χ4n) is 3.60. The third-order valence-corrected chi connectivity index (χ3v) is 6.21. The van der Waals surface area contributed by atoms with Crippen molar-refractivity contribution in [1.82, 2.24) is 20.1 Å². The number of aromatic nitrogens is 3. The van der Waals surface area contributed by atoms with Crippen LogP contribution >= 0.6 is 11.8 Å². The molecule has 0 aliphatic carbocycles. The van der Waals surface area contributed by atoms with Gasteiger partial charge < -0.3 is 10.1 Å². The van der Waals surface area contributed by atoms with E-state index in [1.807, 2.05) is 41.8 Å². The highest BCUT2D eigenvalue weighted by atomic mass is 32.2. The van der Waals surface area contributed by atoms with Gasteiger partial charge >= 0.3 is 0 Å². The lowest BCUT2D eigenvalue weighted by molar-refractivity contribution is -0.119. The van der Waals surface area contributed by atoms with E-state index in [1.165, 1.54) is 23.9 Å². The second-order valence-electron chi connectivity index (χ2n) is 7.55. The number of nitrogens with one attached hydrogen (secondary N) is 1. The van der Waals surface area contributed by atoms with Crippen LogP contribution in [0.3, 0.4) is 0 Å². The van der Waals surface area contributed by atoms with Crippen LogP contribution < -0.4 is 5.32 Å². The van der Waals surface area contributed by atoms with Crippen molar-refractivity contribution in [3.63, 3.8) is 0 Å². The lowest BCUT2D eigenvalue weighted by Crippen LogP contribution is -2.28. The zero-order valence-electron chi connectivity index (χ0n) is 17.3. The number of rotatable bonds is 8. The SMILES string of the molecule is C[C@H](NC(=O)CSc1nnc(-c2ccc(F)cc2)n1C[C@@H]1CCCO1)c1ccccc1. The Hall–Kier alpha value is -2.71. The van der Waals surface area contributed by atoms with Gasteiger partial charge in [0.15, 0.2) is 11.0 Å². The van der Waals surface area contributed by atoms with Crippen LogP contribution in [0.5, 0.6) is 0 Å². The summed E-state index contributed by atoms with van der Waals surface area (Å²) in [6, 6.07) is 16.0. The van der Waals surface area contributed by atoms with E-state index >= 15 is 0 Å². The molecule has 2 aromatic carbocycles. The number of hydrogen-bond donors (Lipinski definition) is 1. The summed E-state index contributed by atoms with van der Waals surface area (Å²) in [6.45, 7) is 3.31. The maximum Gasteiger partial charge on any atom is 0.230 e. The van der Waals surface area contributed by atoms with Crippen molar-refractivity contribution in [3.05, 3.63) is 66.0 Å². The number of ether oxygens (including phenoxy) is 1. The summed E-state index contributed by atoms with van der Waals surface area (Å²) in [5, 5.41) is 12.3. The normalized spacial score (nSPS) is 16.9. The molecule has 4 rings (SSSR count). The number of nitrogens with zero attached hydrogens (tertiary/aromatic N) is 3. The molecule has 0 spiro atoms. The molecule has 1 fully saturated rings. The van der Waals surface area contributed by atoms with E-state index in [0.717, 1.165) is 30.6 Å². The van der Waals surface area contributed by atoms with Crippen LogP contribution in [0.4, 0.5) is 4.39 Å². The number of benzene rings is 2. The zero-order valence-corrected chi connectivity index (χ0v) is 18.1. The Labute approximate surface area is 185 Å². The van der Waals surface area contributed by atoms with E-state index in [-0.39, 0.29) is 29.6 Å². The smallest absolute Gasteiger partial charge is 0.230 e. The van der Waals surface area contributed by atoms with Crippen molar-refractivity contribution in [2.45, 2.75) is 43.6 Å². The molecule has 1 aliphatic rings. The molecule has 1 N–H and O–H groups in total. The molecule has 0 bridgehead atoms. The largest absolute Gasteiger partial charge is 0.376 e. The second kappa shape index (κ2) is 10.1. The highest BCUT2D eigenvalue weighted by Gasteiger charge is 2.22. The van der Waals surface area contributed by atoms with Crippen molar-refractivity contribution < 1.29 is 13.9 Å². The van der Waals surface area contributed by atoms with E-state index in [0.29, 0.717) is 17.5 Å². The first-order valence-corrected chi connectivity index (χ1v) is 11.4. The molecule has 2 heterocycles. The Morgan fingerprint density at radius 2 is 2.00 bits per heavy atom. The molecule has 162 valence electrons. The molecule has 8 heteroatoms. The molecule has 0 saturated carbocycles. The maximum absolute atomic E-state index is 13.4. The number of thioether (sulfide) groups is 1. The lowest BCUT2D eigenvalue weighted by atomic mass is 10.1. The van der Waals surface area contributed by atoms with E-state index in [2.05, 4.69) is 15.5 Å². The van der Waals surface area contributed by atoms with E-state index in [4.69, 9.17) is 4.74 Å². The molecular weight excluding hydrogens is 415 g/mol. The molecular formula is C23H25FN4O2S. The van der Waals surface area contributed by atoms with Gasteiger partial charge in [-0.2, -0.15) is 0 Å². The predicted molar refractivity (Wildman–Crippen MR) is 118 cm³/mol. The van der Waals surface area contributed by atoms with Crippen LogP contribution in [-0.2, 0) is 16.1 Å². The van der Waals surface area contributed by atoms with Gasteiger partial charge in [-0.05, 0) is 49.6 Å². The number of amides is 1. The Morgan fingerprint density at radius 3 is 2.71 bits per heavy atom. The van der Waals surface area contributed by atoms with Gasteiger partial charge in [-0.15, -0.1) is 10.2 Å². The molecule has 2 atom stereocenters. The quantitative estimate of drug-likeness (QED) is 0.531.